The largest absolute Gasteiger partial charge is 0.396 e. The topological polar surface area (TPSA) is 60.7 Å². The third-order valence-electron chi connectivity index (χ3n) is 1.54. The summed E-state index contributed by atoms with van der Waals surface area (Å²) >= 11 is 0. The van der Waals surface area contributed by atoms with Crippen LogP contribution in [0.4, 0.5) is 0 Å². The molecule has 3 N–H and O–H groups in total. The van der Waals surface area contributed by atoms with Gasteiger partial charge >= 0.3 is 0 Å². The van der Waals surface area contributed by atoms with Crippen LogP contribution >= 0.6 is 10.6 Å². The fourth-order valence-corrected chi connectivity index (χ4v) is 2.80. The third-order valence-corrected chi connectivity index (χ3v) is 3.55. The maximum atomic E-state index is 8.87. The van der Waals surface area contributed by atoms with Gasteiger partial charge in [0.1, 0.15) is 0 Å². The Balaban J connectivity index is 2.12. The number of hydrogen-bond acceptors (Lipinski definition) is 3. The van der Waals surface area contributed by atoms with Crippen LogP contribution in [0.1, 0.15) is 6.42 Å². The van der Waals surface area contributed by atoms with Gasteiger partial charge < -0.3 is 5.11 Å². The molecule has 0 bridgehead atoms. The van der Waals surface area contributed by atoms with Crippen LogP contribution in [0.3, 0.4) is 0 Å². The second-order valence-electron chi connectivity index (χ2n) is 2.51. The van der Waals surface area contributed by atoms with Gasteiger partial charge in [0.15, 0.2) is 0 Å². The molecule has 1 fully saturated rings. The van der Waals surface area contributed by atoms with Gasteiger partial charge in [0.25, 0.3) is 0 Å². The molecule has 0 atom stereocenters. The summed E-state index contributed by atoms with van der Waals surface area (Å²) in [5, 5.41) is 8.42. The Morgan fingerprint density at radius 3 is 2.22 bits per heavy atom. The molecule has 0 spiro atoms. The van der Waals surface area contributed by atoms with Crippen molar-refractivity contribution in [2.45, 2.75) is 6.42 Å². The SMILES string of the molecule is OCCC1CS(O)(O)C1. The molecule has 0 amide bonds. The molecule has 0 unspecified atom stereocenters. The Kier molecular flexibility index (Phi) is 2.00. The summed E-state index contributed by atoms with van der Waals surface area (Å²) < 4.78 is 17.7. The van der Waals surface area contributed by atoms with E-state index in [0.29, 0.717) is 17.4 Å². The highest BCUT2D eigenvalue weighted by Gasteiger charge is 2.32. The molecule has 1 aliphatic rings. The Hall–Kier alpha value is 0.230. The summed E-state index contributed by atoms with van der Waals surface area (Å²) in [6.07, 6.45) is 0.718. The maximum Gasteiger partial charge on any atom is 0.0434 e. The minimum atomic E-state index is -2.16. The van der Waals surface area contributed by atoms with Crippen LogP contribution in [0.25, 0.3) is 0 Å². The summed E-state index contributed by atoms with van der Waals surface area (Å²) in [7, 11) is -2.16. The summed E-state index contributed by atoms with van der Waals surface area (Å²) in [5.41, 5.74) is 0. The summed E-state index contributed by atoms with van der Waals surface area (Å²) in [6.45, 7) is 0.167. The predicted molar refractivity (Wildman–Crippen MR) is 37.8 cm³/mol. The highest BCUT2D eigenvalue weighted by molar-refractivity contribution is 8.25. The van der Waals surface area contributed by atoms with Crippen molar-refractivity contribution in [2.75, 3.05) is 18.1 Å². The van der Waals surface area contributed by atoms with E-state index in [4.69, 9.17) is 14.2 Å². The molecule has 0 saturated carbocycles. The van der Waals surface area contributed by atoms with E-state index >= 15 is 0 Å². The van der Waals surface area contributed by atoms with Crippen molar-refractivity contribution in [3.8, 4) is 0 Å². The fourth-order valence-electron chi connectivity index (χ4n) is 1.06. The second-order valence-corrected chi connectivity index (χ2v) is 4.78. The molecule has 4 heteroatoms. The first-order valence-electron chi connectivity index (χ1n) is 2.98. The molecule has 0 aliphatic carbocycles. The van der Waals surface area contributed by atoms with Gasteiger partial charge in [-0.3, -0.25) is 9.11 Å². The number of rotatable bonds is 2. The Morgan fingerprint density at radius 2 is 1.89 bits per heavy atom. The van der Waals surface area contributed by atoms with Crippen molar-refractivity contribution in [3.63, 3.8) is 0 Å². The van der Waals surface area contributed by atoms with E-state index in [9.17, 15) is 0 Å². The summed E-state index contributed by atoms with van der Waals surface area (Å²) in [4.78, 5) is 0. The normalized spacial score (nSPS) is 29.2. The average molecular weight is 152 g/mol. The zero-order valence-electron chi connectivity index (χ0n) is 5.16. The van der Waals surface area contributed by atoms with Crippen LogP contribution in [-0.2, 0) is 0 Å². The highest BCUT2D eigenvalue weighted by atomic mass is 32.3. The van der Waals surface area contributed by atoms with Crippen LogP contribution in [0.15, 0.2) is 0 Å². The van der Waals surface area contributed by atoms with Crippen molar-refractivity contribution >= 4 is 10.6 Å². The number of aliphatic hydroxyl groups is 1. The van der Waals surface area contributed by atoms with Crippen LogP contribution in [-0.4, -0.2) is 32.3 Å². The van der Waals surface area contributed by atoms with Gasteiger partial charge in [0.05, 0.1) is 0 Å². The van der Waals surface area contributed by atoms with E-state index in [1.165, 1.54) is 0 Å². The zero-order valence-corrected chi connectivity index (χ0v) is 5.97. The van der Waals surface area contributed by atoms with Crippen LogP contribution in [0.2, 0.25) is 0 Å². The Labute approximate surface area is 56.1 Å². The van der Waals surface area contributed by atoms with Crippen LogP contribution in [0.5, 0.6) is 0 Å². The predicted octanol–water partition coefficient (Wildman–Crippen LogP) is 0.749. The van der Waals surface area contributed by atoms with E-state index in [0.717, 1.165) is 6.42 Å². The molecule has 0 aromatic rings. The quantitative estimate of drug-likeness (QED) is 0.547. The van der Waals surface area contributed by atoms with Gasteiger partial charge in [-0.15, -0.1) is 0 Å². The first-order chi connectivity index (χ1) is 4.14. The van der Waals surface area contributed by atoms with Crippen molar-refractivity contribution in [3.05, 3.63) is 0 Å². The summed E-state index contributed by atoms with van der Waals surface area (Å²) in [5.74, 6) is 1.38. The minimum absolute atomic E-state index is 0.167. The lowest BCUT2D eigenvalue weighted by Crippen LogP contribution is -2.32. The van der Waals surface area contributed by atoms with Gasteiger partial charge in [0, 0.05) is 18.1 Å². The van der Waals surface area contributed by atoms with Gasteiger partial charge in [0.2, 0.25) is 0 Å². The molecule has 1 heterocycles. The fraction of sp³-hybridized carbons (Fsp3) is 1.00. The lowest BCUT2D eigenvalue weighted by atomic mass is 10.1. The minimum Gasteiger partial charge on any atom is -0.396 e. The average Bonchev–Trinajstić information content (AvgIpc) is 1.62. The third kappa shape index (κ3) is 1.82. The molecule has 0 aromatic carbocycles. The first-order valence-corrected chi connectivity index (χ1v) is 4.87. The van der Waals surface area contributed by atoms with Gasteiger partial charge in [-0.05, 0) is 12.3 Å². The van der Waals surface area contributed by atoms with E-state index in [-0.39, 0.29) is 6.61 Å². The molecule has 56 valence electrons. The van der Waals surface area contributed by atoms with E-state index in [1.54, 1.807) is 0 Å². The molecular weight excluding hydrogens is 140 g/mol. The Bertz CT molecular complexity index is 96.4. The van der Waals surface area contributed by atoms with Crippen molar-refractivity contribution in [1.82, 2.24) is 0 Å². The Morgan fingerprint density at radius 1 is 1.33 bits per heavy atom. The molecule has 1 aliphatic heterocycles. The van der Waals surface area contributed by atoms with Gasteiger partial charge in [-0.2, -0.15) is 10.6 Å². The first kappa shape index (κ1) is 7.34. The van der Waals surface area contributed by atoms with Crippen LogP contribution in [0, 0.1) is 5.92 Å². The van der Waals surface area contributed by atoms with E-state index < -0.39 is 10.6 Å². The van der Waals surface area contributed by atoms with Crippen molar-refractivity contribution in [1.29, 1.82) is 0 Å². The van der Waals surface area contributed by atoms with Gasteiger partial charge in [-0.25, -0.2) is 0 Å². The van der Waals surface area contributed by atoms with E-state index in [2.05, 4.69) is 0 Å². The summed E-state index contributed by atoms with van der Waals surface area (Å²) in [6, 6.07) is 0. The van der Waals surface area contributed by atoms with E-state index in [1.807, 2.05) is 0 Å². The molecule has 1 rings (SSSR count). The molecule has 0 aromatic heterocycles. The highest BCUT2D eigenvalue weighted by Crippen LogP contribution is 2.52. The smallest absolute Gasteiger partial charge is 0.0434 e. The molecular formula is C5H12O3S. The molecule has 9 heavy (non-hydrogen) atoms. The van der Waals surface area contributed by atoms with Gasteiger partial charge in [-0.1, -0.05) is 0 Å². The number of aliphatic hydroxyl groups excluding tert-OH is 1. The monoisotopic (exact) mass is 152 g/mol. The van der Waals surface area contributed by atoms with Crippen molar-refractivity contribution < 1.29 is 14.2 Å². The van der Waals surface area contributed by atoms with Crippen molar-refractivity contribution in [2.24, 2.45) is 5.92 Å². The molecule has 1 saturated heterocycles. The molecule has 0 radical (unpaired) electrons. The zero-order chi connectivity index (χ0) is 6.91. The standard InChI is InChI=1S/C5H12O3S/c6-2-1-5-3-9(7,8)4-5/h5-8H,1-4H2. The lowest BCUT2D eigenvalue weighted by Gasteiger charge is -2.47. The van der Waals surface area contributed by atoms with Crippen LogP contribution < -0.4 is 0 Å². The number of hydrogen-bond donors (Lipinski definition) is 3. The second kappa shape index (κ2) is 2.46. The molecule has 3 nitrogen and oxygen atoms in total. The lowest BCUT2D eigenvalue weighted by molar-refractivity contribution is 0.260. The maximum absolute atomic E-state index is 8.87.